The van der Waals surface area contributed by atoms with Crippen molar-refractivity contribution in [1.29, 1.82) is 0 Å². The molecular formula is C55H90N8. The van der Waals surface area contributed by atoms with E-state index >= 15 is 0 Å². The maximum absolute atomic E-state index is 4.63. The molecule has 0 spiro atoms. The Bertz CT molecular complexity index is 2130. The lowest BCUT2D eigenvalue weighted by atomic mass is 9.97. The number of pyridine rings is 2. The van der Waals surface area contributed by atoms with E-state index < -0.39 is 0 Å². The van der Waals surface area contributed by atoms with Gasteiger partial charge < -0.3 is 0 Å². The average Bonchev–Trinajstić information content (AvgIpc) is 3.17. The van der Waals surface area contributed by atoms with Gasteiger partial charge in [0.2, 0.25) is 0 Å². The number of aromatic nitrogens is 8. The molecule has 0 fully saturated rings. The Balaban J connectivity index is 0.000000760. The number of rotatable bonds is 5. The first-order chi connectivity index (χ1) is 28.5. The number of hydrogen-bond donors (Lipinski definition) is 0. The van der Waals surface area contributed by atoms with Gasteiger partial charge in [0.25, 0.3) is 0 Å². The second-order valence-electron chi connectivity index (χ2n) is 18.8. The molecule has 0 atom stereocenters. The monoisotopic (exact) mass is 863 g/mol. The maximum Gasteiger partial charge on any atom is 0.125 e. The fourth-order valence-electron chi connectivity index (χ4n) is 7.23. The first-order valence-corrected chi connectivity index (χ1v) is 22.8. The van der Waals surface area contributed by atoms with E-state index in [0.29, 0.717) is 29.6 Å². The first-order valence-electron chi connectivity index (χ1n) is 22.8. The minimum absolute atomic E-state index is 0. The highest BCUT2D eigenvalue weighted by atomic mass is 14.9. The Morgan fingerprint density at radius 3 is 0.730 bits per heavy atom. The Labute approximate surface area is 386 Å². The number of nitrogens with zero attached hydrogens (tertiary/aromatic N) is 8. The lowest BCUT2D eigenvalue weighted by molar-refractivity contribution is 0.779. The summed E-state index contributed by atoms with van der Waals surface area (Å²) in [6.07, 6.45) is 0. The van der Waals surface area contributed by atoms with Gasteiger partial charge >= 0.3 is 0 Å². The number of aryl methyl sites for hydroxylation is 10. The van der Waals surface area contributed by atoms with Gasteiger partial charge in [-0.25, -0.2) is 9.97 Å². The van der Waals surface area contributed by atoms with Gasteiger partial charge in [-0.1, -0.05) is 76.7 Å². The summed E-state index contributed by atoms with van der Waals surface area (Å²) < 4.78 is 0. The fraction of sp³-hybridized carbons (Fsp3) is 0.600. The van der Waals surface area contributed by atoms with Crippen molar-refractivity contribution >= 4 is 0 Å². The quantitative estimate of drug-likeness (QED) is 0.172. The minimum Gasteiger partial charge on any atom is -0.257 e. The molecule has 0 saturated carbocycles. The highest BCUT2D eigenvalue weighted by Crippen LogP contribution is 2.25. The molecule has 63 heavy (non-hydrogen) atoms. The molecule has 0 amide bonds. The SMILES string of the molecule is C.Cc1nc(C(C)C)c(C)c(C)c1C.Cc1nc(C(C)C)c(C)c(C)c1C.Cc1nc(C)c(C(C)C)nc1C.Cc1nc(C)c(C(C)C)nc1C.Cc1nc(C)c(C)c(C(C)C)n1. The second-order valence-corrected chi connectivity index (χ2v) is 18.8. The summed E-state index contributed by atoms with van der Waals surface area (Å²) in [4.78, 5) is 35.9. The summed E-state index contributed by atoms with van der Waals surface area (Å²) in [6, 6.07) is 0. The van der Waals surface area contributed by atoms with Crippen LogP contribution in [-0.2, 0) is 0 Å². The third-order valence-corrected chi connectivity index (χ3v) is 12.0. The molecule has 0 radical (unpaired) electrons. The zero-order valence-electron chi connectivity index (χ0n) is 44.5. The van der Waals surface area contributed by atoms with E-state index in [4.69, 9.17) is 0 Å². The molecule has 5 aromatic rings. The highest BCUT2D eigenvalue weighted by molar-refractivity contribution is 5.39. The molecule has 0 unspecified atom stereocenters. The van der Waals surface area contributed by atoms with Crippen LogP contribution in [-0.4, -0.2) is 39.9 Å². The largest absolute Gasteiger partial charge is 0.257 e. The lowest BCUT2D eigenvalue weighted by Crippen LogP contribution is -2.03. The second kappa shape index (κ2) is 25.7. The lowest BCUT2D eigenvalue weighted by Gasteiger charge is -2.15. The third kappa shape index (κ3) is 16.6. The molecule has 0 aliphatic heterocycles. The molecule has 8 heteroatoms. The van der Waals surface area contributed by atoms with Crippen molar-refractivity contribution in [1.82, 2.24) is 39.9 Å². The predicted molar refractivity (Wildman–Crippen MR) is 272 cm³/mol. The smallest absolute Gasteiger partial charge is 0.125 e. The molecule has 0 N–H and O–H groups in total. The van der Waals surface area contributed by atoms with Crippen LogP contribution in [0.15, 0.2) is 0 Å². The van der Waals surface area contributed by atoms with Crippen LogP contribution in [0.25, 0.3) is 0 Å². The van der Waals surface area contributed by atoms with Gasteiger partial charge in [-0.05, 0) is 186 Å². The number of hydrogen-bond acceptors (Lipinski definition) is 8. The van der Waals surface area contributed by atoms with Gasteiger partial charge in [-0.2, -0.15) is 0 Å². The van der Waals surface area contributed by atoms with Crippen molar-refractivity contribution in [3.8, 4) is 0 Å². The Morgan fingerprint density at radius 1 is 0.206 bits per heavy atom. The van der Waals surface area contributed by atoms with E-state index in [-0.39, 0.29) is 7.43 Å². The van der Waals surface area contributed by atoms with Crippen LogP contribution in [0.1, 0.15) is 231 Å². The third-order valence-electron chi connectivity index (χ3n) is 12.0. The molecule has 8 nitrogen and oxygen atoms in total. The summed E-state index contributed by atoms with van der Waals surface area (Å²) in [5.74, 6) is 3.36. The highest BCUT2D eigenvalue weighted by Gasteiger charge is 2.13. The molecular weight excluding hydrogens is 773 g/mol. The van der Waals surface area contributed by atoms with Gasteiger partial charge in [0.05, 0.1) is 45.6 Å². The Hall–Kier alpha value is -4.46. The fourth-order valence-corrected chi connectivity index (χ4v) is 7.23. The van der Waals surface area contributed by atoms with E-state index in [2.05, 4.69) is 171 Å². The van der Waals surface area contributed by atoms with E-state index in [1.807, 2.05) is 55.4 Å². The molecule has 0 aliphatic carbocycles. The zero-order chi connectivity index (χ0) is 48.2. The molecule has 0 saturated heterocycles. The Kier molecular flexibility index (Phi) is 23.9. The summed E-state index contributed by atoms with van der Waals surface area (Å²) in [7, 11) is 0. The van der Waals surface area contributed by atoms with Crippen LogP contribution < -0.4 is 0 Å². The van der Waals surface area contributed by atoms with Crippen molar-refractivity contribution in [2.75, 3.05) is 0 Å². The maximum atomic E-state index is 4.63. The van der Waals surface area contributed by atoms with E-state index in [1.54, 1.807) is 0 Å². The summed E-state index contributed by atoms with van der Waals surface area (Å²) in [6.45, 7) is 57.0. The van der Waals surface area contributed by atoms with E-state index in [1.165, 1.54) is 67.4 Å². The van der Waals surface area contributed by atoms with Gasteiger partial charge in [0, 0.05) is 34.2 Å². The topological polar surface area (TPSA) is 103 Å². The summed E-state index contributed by atoms with van der Waals surface area (Å²) in [5, 5.41) is 0. The first kappa shape index (κ1) is 58.5. The van der Waals surface area contributed by atoms with Crippen molar-refractivity contribution in [2.24, 2.45) is 0 Å². The average molecular weight is 863 g/mol. The standard InChI is InChI=1S/2C12H19N.3C10H16N2.CH4/c2*1-7(2)12-10(5)8(3)9(4)11(6)13-12;2*1-6(2)10-9(5)11-7(3)8(4)12-10;1-6(2)10-7(3)8(4)11-9(5)12-10;/h2*7H,1-6H3;3*6H,1-5H3;1H4. The van der Waals surface area contributed by atoms with E-state index in [9.17, 15) is 0 Å². The summed E-state index contributed by atoms with van der Waals surface area (Å²) >= 11 is 0. The molecule has 0 bridgehead atoms. The predicted octanol–water partition coefficient (Wildman–Crippen LogP) is 15.1. The minimum atomic E-state index is 0. The van der Waals surface area contributed by atoms with Crippen LogP contribution in [0.4, 0.5) is 0 Å². The molecule has 5 aromatic heterocycles. The normalized spacial score (nSPS) is 10.7. The molecule has 5 heterocycles. The van der Waals surface area contributed by atoms with Crippen molar-refractivity contribution in [2.45, 2.75) is 224 Å². The van der Waals surface area contributed by atoms with Gasteiger partial charge in [0.1, 0.15) is 5.82 Å². The Morgan fingerprint density at radius 2 is 0.444 bits per heavy atom. The van der Waals surface area contributed by atoms with Crippen LogP contribution in [0.2, 0.25) is 0 Å². The van der Waals surface area contributed by atoms with Crippen LogP contribution in [0.5, 0.6) is 0 Å². The van der Waals surface area contributed by atoms with Crippen LogP contribution >= 0.6 is 0 Å². The zero-order valence-corrected chi connectivity index (χ0v) is 44.5. The van der Waals surface area contributed by atoms with Gasteiger partial charge in [0.15, 0.2) is 0 Å². The molecule has 350 valence electrons. The van der Waals surface area contributed by atoms with Crippen LogP contribution in [0, 0.1) is 118 Å². The van der Waals surface area contributed by atoms with Crippen molar-refractivity contribution in [3.05, 3.63) is 124 Å². The van der Waals surface area contributed by atoms with Crippen LogP contribution in [0.3, 0.4) is 0 Å². The molecule has 0 aromatic carbocycles. The summed E-state index contributed by atoms with van der Waals surface area (Å²) in [5.41, 5.74) is 25.1. The van der Waals surface area contributed by atoms with Crippen molar-refractivity contribution in [3.63, 3.8) is 0 Å². The van der Waals surface area contributed by atoms with Gasteiger partial charge in [-0.3, -0.25) is 29.9 Å². The molecule has 5 rings (SSSR count). The van der Waals surface area contributed by atoms with Crippen molar-refractivity contribution < 1.29 is 0 Å². The van der Waals surface area contributed by atoms with E-state index in [0.717, 1.165) is 57.1 Å². The van der Waals surface area contributed by atoms with Gasteiger partial charge in [-0.15, -0.1) is 0 Å². The molecule has 0 aliphatic rings.